The molecule has 0 aromatic heterocycles. The zero-order valence-corrected chi connectivity index (χ0v) is 14.6. The zero-order valence-electron chi connectivity index (χ0n) is 13.6. The largest absolute Gasteiger partial charge is 0.501 e. The predicted molar refractivity (Wildman–Crippen MR) is 84.0 cm³/mol. The van der Waals surface area contributed by atoms with E-state index in [0.29, 0.717) is 13.2 Å². The maximum absolute atomic E-state index is 6.07. The molecule has 0 unspecified atom stereocenters. The van der Waals surface area contributed by atoms with Crippen LogP contribution in [-0.2, 0) is 13.3 Å². The molecule has 1 aliphatic rings. The van der Waals surface area contributed by atoms with E-state index >= 15 is 0 Å². The van der Waals surface area contributed by atoms with Crippen molar-refractivity contribution >= 4 is 8.80 Å². The van der Waals surface area contributed by atoms with E-state index in [0.717, 1.165) is 45.2 Å². The van der Waals surface area contributed by atoms with Gasteiger partial charge in [-0.25, -0.2) is 0 Å². The number of hydrogen-bond donors (Lipinski definition) is 1. The summed E-state index contributed by atoms with van der Waals surface area (Å²) in [5.41, 5.74) is 0. The minimum atomic E-state index is -2.49. The fraction of sp³-hybridized carbons (Fsp3) is 1.00. The average molecular weight is 305 g/mol. The van der Waals surface area contributed by atoms with Gasteiger partial charge < -0.3 is 23.5 Å². The summed E-state index contributed by atoms with van der Waals surface area (Å²) in [6.45, 7) is 15.0. The van der Waals surface area contributed by atoms with E-state index in [1.165, 1.54) is 0 Å². The second-order valence-electron chi connectivity index (χ2n) is 5.41. The van der Waals surface area contributed by atoms with Crippen LogP contribution in [0.5, 0.6) is 0 Å². The molecule has 0 aliphatic carbocycles. The molecule has 1 aliphatic heterocycles. The van der Waals surface area contributed by atoms with Crippen LogP contribution in [0.3, 0.4) is 0 Å². The van der Waals surface area contributed by atoms with Gasteiger partial charge in [-0.1, -0.05) is 0 Å². The van der Waals surface area contributed by atoms with E-state index in [1.807, 2.05) is 13.8 Å². The SMILES string of the molecule is CCO[Si](CCCN1CCNCC1)(OCC)OC(C)C. The molecule has 1 rings (SSSR count). The summed E-state index contributed by atoms with van der Waals surface area (Å²) < 4.78 is 17.9. The Labute approximate surface area is 125 Å². The van der Waals surface area contributed by atoms with Crippen LogP contribution in [0, 0.1) is 0 Å². The fourth-order valence-electron chi connectivity index (χ4n) is 2.57. The summed E-state index contributed by atoms with van der Waals surface area (Å²) in [7, 11) is -2.49. The fourth-order valence-corrected chi connectivity index (χ4v) is 5.38. The first kappa shape index (κ1) is 18.1. The maximum Gasteiger partial charge on any atom is 0.501 e. The van der Waals surface area contributed by atoms with Crippen LogP contribution < -0.4 is 5.32 Å². The Hall–Kier alpha value is 0.0169. The molecule has 0 bridgehead atoms. The molecule has 5 nitrogen and oxygen atoms in total. The van der Waals surface area contributed by atoms with Gasteiger partial charge in [-0.05, 0) is 40.7 Å². The Kier molecular flexibility index (Phi) is 8.91. The Balaban J connectivity index is 2.44. The van der Waals surface area contributed by atoms with Crippen LogP contribution in [0.25, 0.3) is 0 Å². The quantitative estimate of drug-likeness (QED) is 0.623. The van der Waals surface area contributed by atoms with Gasteiger partial charge in [0.1, 0.15) is 0 Å². The van der Waals surface area contributed by atoms with Crippen LogP contribution in [0.4, 0.5) is 0 Å². The Morgan fingerprint density at radius 1 is 1.10 bits per heavy atom. The molecular formula is C14H32N2O3Si. The van der Waals surface area contributed by atoms with Crippen molar-refractivity contribution in [1.29, 1.82) is 0 Å². The van der Waals surface area contributed by atoms with Crippen molar-refractivity contribution < 1.29 is 13.3 Å². The number of hydrogen-bond acceptors (Lipinski definition) is 5. The van der Waals surface area contributed by atoms with Crippen LogP contribution in [0.2, 0.25) is 6.04 Å². The van der Waals surface area contributed by atoms with Gasteiger partial charge in [0, 0.05) is 51.5 Å². The highest BCUT2D eigenvalue weighted by Crippen LogP contribution is 2.20. The van der Waals surface area contributed by atoms with Crippen molar-refractivity contribution in [3.8, 4) is 0 Å². The van der Waals surface area contributed by atoms with Crippen molar-refractivity contribution in [2.75, 3.05) is 45.9 Å². The molecule has 0 spiro atoms. The van der Waals surface area contributed by atoms with E-state index in [2.05, 4.69) is 24.1 Å². The van der Waals surface area contributed by atoms with Crippen molar-refractivity contribution in [3.05, 3.63) is 0 Å². The predicted octanol–water partition coefficient (Wildman–Crippen LogP) is 1.72. The minimum absolute atomic E-state index is 0.152. The first-order chi connectivity index (χ1) is 9.62. The van der Waals surface area contributed by atoms with Gasteiger partial charge in [0.2, 0.25) is 0 Å². The molecule has 1 N–H and O–H groups in total. The lowest BCUT2D eigenvalue weighted by atomic mass is 10.3. The van der Waals surface area contributed by atoms with Gasteiger partial charge in [-0.15, -0.1) is 0 Å². The van der Waals surface area contributed by atoms with Gasteiger partial charge in [0.25, 0.3) is 0 Å². The summed E-state index contributed by atoms with van der Waals surface area (Å²) in [5, 5.41) is 3.38. The van der Waals surface area contributed by atoms with Gasteiger partial charge in [0.15, 0.2) is 0 Å². The first-order valence-corrected chi connectivity index (χ1v) is 9.94. The normalized spacial score (nSPS) is 17.9. The van der Waals surface area contributed by atoms with E-state index < -0.39 is 8.80 Å². The maximum atomic E-state index is 6.07. The number of rotatable bonds is 10. The Bertz CT molecular complexity index is 243. The number of nitrogens with one attached hydrogen (secondary N) is 1. The molecule has 20 heavy (non-hydrogen) atoms. The summed E-state index contributed by atoms with van der Waals surface area (Å²) in [5.74, 6) is 0. The zero-order chi connectivity index (χ0) is 14.8. The summed E-state index contributed by atoms with van der Waals surface area (Å²) >= 11 is 0. The van der Waals surface area contributed by atoms with Gasteiger partial charge >= 0.3 is 8.80 Å². The monoisotopic (exact) mass is 304 g/mol. The van der Waals surface area contributed by atoms with Crippen LogP contribution in [-0.4, -0.2) is 65.7 Å². The molecule has 6 heteroatoms. The highest BCUT2D eigenvalue weighted by Gasteiger charge is 2.41. The molecular weight excluding hydrogens is 272 g/mol. The van der Waals surface area contributed by atoms with Gasteiger partial charge in [0.05, 0.1) is 0 Å². The molecule has 120 valence electrons. The Morgan fingerprint density at radius 3 is 2.20 bits per heavy atom. The lowest BCUT2D eigenvalue weighted by Crippen LogP contribution is -2.49. The van der Waals surface area contributed by atoms with Crippen LogP contribution >= 0.6 is 0 Å². The van der Waals surface area contributed by atoms with Crippen molar-refractivity contribution in [2.24, 2.45) is 0 Å². The van der Waals surface area contributed by atoms with Gasteiger partial charge in [-0.2, -0.15) is 0 Å². The van der Waals surface area contributed by atoms with Crippen LogP contribution in [0.1, 0.15) is 34.1 Å². The number of nitrogens with zero attached hydrogens (tertiary/aromatic N) is 1. The highest BCUT2D eigenvalue weighted by molar-refractivity contribution is 6.60. The third-order valence-corrected chi connectivity index (χ3v) is 6.56. The average Bonchev–Trinajstić information content (AvgIpc) is 2.39. The van der Waals surface area contributed by atoms with Crippen molar-refractivity contribution in [1.82, 2.24) is 10.2 Å². The molecule has 1 heterocycles. The second kappa shape index (κ2) is 9.86. The van der Waals surface area contributed by atoms with E-state index in [-0.39, 0.29) is 6.10 Å². The standard InChI is InChI=1S/C14H32N2O3Si/c1-5-17-20(18-6-2,19-14(3)4)13-7-10-16-11-8-15-9-12-16/h14-15H,5-13H2,1-4H3. The molecule has 0 aromatic rings. The molecule has 0 radical (unpaired) electrons. The lowest BCUT2D eigenvalue weighted by Gasteiger charge is -2.32. The smallest absolute Gasteiger partial charge is 0.374 e. The molecule has 0 aromatic carbocycles. The van der Waals surface area contributed by atoms with E-state index in [9.17, 15) is 0 Å². The van der Waals surface area contributed by atoms with E-state index in [4.69, 9.17) is 13.3 Å². The first-order valence-electron chi connectivity index (χ1n) is 8.00. The molecule has 0 saturated carbocycles. The molecule has 1 saturated heterocycles. The Morgan fingerprint density at radius 2 is 1.70 bits per heavy atom. The van der Waals surface area contributed by atoms with Gasteiger partial charge in [-0.3, -0.25) is 0 Å². The molecule has 0 amide bonds. The summed E-state index contributed by atoms with van der Waals surface area (Å²) in [4.78, 5) is 2.50. The third kappa shape index (κ3) is 6.65. The van der Waals surface area contributed by atoms with Crippen molar-refractivity contribution in [3.63, 3.8) is 0 Å². The highest BCUT2D eigenvalue weighted by atomic mass is 28.4. The molecule has 0 atom stereocenters. The number of piperazine rings is 1. The topological polar surface area (TPSA) is 43.0 Å². The van der Waals surface area contributed by atoms with Crippen molar-refractivity contribution in [2.45, 2.75) is 46.3 Å². The second-order valence-corrected chi connectivity index (χ2v) is 8.09. The minimum Gasteiger partial charge on any atom is -0.374 e. The lowest BCUT2D eigenvalue weighted by molar-refractivity contribution is 0.0431. The molecule has 1 fully saturated rings. The van der Waals surface area contributed by atoms with E-state index in [1.54, 1.807) is 0 Å². The summed E-state index contributed by atoms with van der Waals surface area (Å²) in [6.07, 6.45) is 1.23. The van der Waals surface area contributed by atoms with Crippen LogP contribution in [0.15, 0.2) is 0 Å². The summed E-state index contributed by atoms with van der Waals surface area (Å²) in [6, 6.07) is 0.913. The third-order valence-electron chi connectivity index (χ3n) is 3.31.